The zero-order chi connectivity index (χ0) is 17.0. The van der Waals surface area contributed by atoms with Gasteiger partial charge in [-0.25, -0.2) is 4.79 Å². The number of benzene rings is 2. The van der Waals surface area contributed by atoms with Crippen molar-refractivity contribution in [1.29, 1.82) is 0 Å². The molecule has 0 aliphatic carbocycles. The Kier molecular flexibility index (Phi) is 4.85. The van der Waals surface area contributed by atoms with Crippen LogP contribution in [0.1, 0.15) is 26.3 Å². The van der Waals surface area contributed by atoms with Gasteiger partial charge in [0, 0.05) is 5.56 Å². The molecule has 0 spiro atoms. The number of aromatic hydroxyl groups is 1. The van der Waals surface area contributed by atoms with Crippen LogP contribution in [0.25, 0.3) is 0 Å². The topological polar surface area (TPSA) is 84.9 Å². The third-order valence-corrected chi connectivity index (χ3v) is 3.34. The van der Waals surface area contributed by atoms with Crippen molar-refractivity contribution in [2.75, 3.05) is 19.5 Å². The highest BCUT2D eigenvalue weighted by Crippen LogP contribution is 2.26. The summed E-state index contributed by atoms with van der Waals surface area (Å²) in [5.74, 6) is -0.589. The molecule has 120 valence electrons. The third-order valence-electron chi connectivity index (χ3n) is 3.34. The summed E-state index contributed by atoms with van der Waals surface area (Å²) in [5.41, 5.74) is 1.69. The second-order valence-corrected chi connectivity index (χ2v) is 4.86. The van der Waals surface area contributed by atoms with E-state index < -0.39 is 11.9 Å². The summed E-state index contributed by atoms with van der Waals surface area (Å²) in [6.07, 6.45) is 0. The normalized spacial score (nSPS) is 10.0. The first-order valence-electron chi connectivity index (χ1n) is 6.83. The van der Waals surface area contributed by atoms with Gasteiger partial charge in [0.25, 0.3) is 5.91 Å². The Morgan fingerprint density at radius 1 is 1.04 bits per heavy atom. The summed E-state index contributed by atoms with van der Waals surface area (Å²) in [4.78, 5) is 23.6. The van der Waals surface area contributed by atoms with Gasteiger partial charge in [-0.05, 0) is 42.8 Å². The maximum absolute atomic E-state index is 12.3. The monoisotopic (exact) mass is 315 g/mol. The van der Waals surface area contributed by atoms with Crippen LogP contribution in [-0.2, 0) is 4.74 Å². The van der Waals surface area contributed by atoms with Crippen LogP contribution in [0.4, 0.5) is 5.69 Å². The minimum Gasteiger partial charge on any atom is -0.506 e. The molecule has 0 aliphatic heterocycles. The van der Waals surface area contributed by atoms with Gasteiger partial charge in [0.15, 0.2) is 0 Å². The van der Waals surface area contributed by atoms with Gasteiger partial charge in [0.05, 0.1) is 25.5 Å². The minimum atomic E-state index is -0.568. The fraction of sp³-hybridized carbons (Fsp3) is 0.176. The molecule has 2 rings (SSSR count). The van der Waals surface area contributed by atoms with Crippen molar-refractivity contribution in [2.24, 2.45) is 0 Å². The number of ether oxygens (including phenoxy) is 2. The van der Waals surface area contributed by atoms with E-state index in [1.165, 1.54) is 32.4 Å². The molecule has 6 nitrogen and oxygen atoms in total. The van der Waals surface area contributed by atoms with Crippen molar-refractivity contribution in [3.8, 4) is 11.5 Å². The molecule has 0 atom stereocenters. The number of nitrogens with one attached hydrogen (secondary N) is 1. The molecule has 0 aromatic heterocycles. The Morgan fingerprint density at radius 3 is 2.35 bits per heavy atom. The van der Waals surface area contributed by atoms with Crippen LogP contribution in [0.2, 0.25) is 0 Å². The van der Waals surface area contributed by atoms with Gasteiger partial charge in [-0.3, -0.25) is 4.79 Å². The quantitative estimate of drug-likeness (QED) is 0.669. The molecule has 0 heterocycles. The summed E-state index contributed by atoms with van der Waals surface area (Å²) in [6.45, 7) is 1.87. The Morgan fingerprint density at radius 2 is 1.74 bits per heavy atom. The molecule has 0 unspecified atom stereocenters. The second kappa shape index (κ2) is 6.83. The predicted molar refractivity (Wildman–Crippen MR) is 85.1 cm³/mol. The molecule has 23 heavy (non-hydrogen) atoms. The Bertz CT molecular complexity index is 755. The van der Waals surface area contributed by atoms with Gasteiger partial charge in [0.2, 0.25) is 0 Å². The van der Waals surface area contributed by atoms with Crippen LogP contribution >= 0.6 is 0 Å². The van der Waals surface area contributed by atoms with Gasteiger partial charge in [0.1, 0.15) is 11.5 Å². The lowest BCUT2D eigenvalue weighted by atomic mass is 10.1. The van der Waals surface area contributed by atoms with E-state index in [0.717, 1.165) is 5.56 Å². The van der Waals surface area contributed by atoms with Crippen LogP contribution in [0.3, 0.4) is 0 Å². The fourth-order valence-electron chi connectivity index (χ4n) is 2.04. The van der Waals surface area contributed by atoms with Crippen molar-refractivity contribution >= 4 is 17.6 Å². The third kappa shape index (κ3) is 3.60. The SMILES string of the molecule is COC(=O)c1ccc(NC(=O)c2ccc(C)c(OC)c2)c(O)c1. The largest absolute Gasteiger partial charge is 0.506 e. The van der Waals surface area contributed by atoms with Crippen LogP contribution in [0, 0.1) is 6.92 Å². The molecule has 2 aromatic rings. The molecular weight excluding hydrogens is 298 g/mol. The zero-order valence-electron chi connectivity index (χ0n) is 13.0. The molecule has 0 saturated carbocycles. The number of aryl methyl sites for hydroxylation is 1. The molecule has 0 bridgehead atoms. The van der Waals surface area contributed by atoms with E-state index in [-0.39, 0.29) is 17.0 Å². The van der Waals surface area contributed by atoms with E-state index in [1.807, 2.05) is 6.92 Å². The number of hydrogen-bond donors (Lipinski definition) is 2. The average molecular weight is 315 g/mol. The lowest BCUT2D eigenvalue weighted by Gasteiger charge is -2.10. The zero-order valence-corrected chi connectivity index (χ0v) is 13.0. The maximum atomic E-state index is 12.3. The van der Waals surface area contributed by atoms with E-state index in [0.29, 0.717) is 11.3 Å². The lowest BCUT2D eigenvalue weighted by Crippen LogP contribution is -2.12. The maximum Gasteiger partial charge on any atom is 0.337 e. The van der Waals surface area contributed by atoms with E-state index in [9.17, 15) is 14.7 Å². The number of esters is 1. The number of carbonyl (C=O) groups is 2. The van der Waals surface area contributed by atoms with Gasteiger partial charge < -0.3 is 19.9 Å². The Balaban J connectivity index is 2.22. The molecule has 2 aromatic carbocycles. The average Bonchev–Trinajstić information content (AvgIpc) is 2.56. The van der Waals surface area contributed by atoms with E-state index in [2.05, 4.69) is 10.1 Å². The number of hydrogen-bond acceptors (Lipinski definition) is 5. The predicted octanol–water partition coefficient (Wildman–Crippen LogP) is 2.75. The standard InChI is InChI=1S/C17H17NO5/c1-10-4-5-11(9-15(10)22-2)16(20)18-13-7-6-12(8-14(13)19)17(21)23-3/h4-9,19H,1-3H3,(H,18,20). The Hall–Kier alpha value is -3.02. The van der Waals surface area contributed by atoms with E-state index >= 15 is 0 Å². The van der Waals surface area contributed by atoms with Crippen molar-refractivity contribution in [3.63, 3.8) is 0 Å². The molecule has 0 aliphatic rings. The van der Waals surface area contributed by atoms with Gasteiger partial charge in [-0.2, -0.15) is 0 Å². The van der Waals surface area contributed by atoms with Crippen molar-refractivity contribution in [2.45, 2.75) is 6.92 Å². The number of rotatable bonds is 4. The summed E-state index contributed by atoms with van der Waals surface area (Å²) < 4.78 is 9.75. The first kappa shape index (κ1) is 16.4. The first-order chi connectivity index (χ1) is 11.0. The molecule has 1 amide bonds. The molecule has 0 radical (unpaired) electrons. The second-order valence-electron chi connectivity index (χ2n) is 4.86. The number of anilines is 1. The molecule has 2 N–H and O–H groups in total. The smallest absolute Gasteiger partial charge is 0.337 e. The molecule has 0 saturated heterocycles. The van der Waals surface area contributed by atoms with E-state index in [4.69, 9.17) is 4.74 Å². The fourth-order valence-corrected chi connectivity index (χ4v) is 2.04. The molecular formula is C17H17NO5. The van der Waals surface area contributed by atoms with Crippen molar-refractivity contribution in [3.05, 3.63) is 53.1 Å². The summed E-state index contributed by atoms with van der Waals surface area (Å²) in [6, 6.07) is 9.17. The highest BCUT2D eigenvalue weighted by molar-refractivity contribution is 6.05. The van der Waals surface area contributed by atoms with Crippen molar-refractivity contribution < 1.29 is 24.2 Å². The van der Waals surface area contributed by atoms with Crippen molar-refractivity contribution in [1.82, 2.24) is 0 Å². The number of amides is 1. The van der Waals surface area contributed by atoms with Gasteiger partial charge in [-0.1, -0.05) is 6.07 Å². The minimum absolute atomic E-state index is 0.194. The summed E-state index contributed by atoms with van der Waals surface area (Å²) in [5, 5.41) is 12.5. The summed E-state index contributed by atoms with van der Waals surface area (Å²) in [7, 11) is 2.78. The molecule has 6 heteroatoms. The first-order valence-corrected chi connectivity index (χ1v) is 6.83. The number of phenolic OH excluding ortho intramolecular Hbond substituents is 1. The lowest BCUT2D eigenvalue weighted by molar-refractivity contribution is 0.0600. The van der Waals surface area contributed by atoms with Crippen LogP contribution in [0.5, 0.6) is 11.5 Å². The summed E-state index contributed by atoms with van der Waals surface area (Å²) >= 11 is 0. The number of carbonyl (C=O) groups excluding carboxylic acids is 2. The Labute approximate surface area is 133 Å². The van der Waals surface area contributed by atoms with E-state index in [1.54, 1.807) is 18.2 Å². The highest BCUT2D eigenvalue weighted by Gasteiger charge is 2.13. The number of methoxy groups -OCH3 is 2. The van der Waals surface area contributed by atoms with Crippen LogP contribution < -0.4 is 10.1 Å². The highest BCUT2D eigenvalue weighted by atomic mass is 16.5. The van der Waals surface area contributed by atoms with Gasteiger partial charge >= 0.3 is 5.97 Å². The number of phenols is 1. The van der Waals surface area contributed by atoms with Crippen LogP contribution in [-0.4, -0.2) is 31.2 Å². The van der Waals surface area contributed by atoms with Crippen LogP contribution in [0.15, 0.2) is 36.4 Å². The van der Waals surface area contributed by atoms with Gasteiger partial charge in [-0.15, -0.1) is 0 Å². The molecule has 0 fully saturated rings.